The average molecular weight is 187 g/mol. The summed E-state index contributed by atoms with van der Waals surface area (Å²) in [6.07, 6.45) is 6.60. The van der Waals surface area contributed by atoms with Gasteiger partial charge in [-0.1, -0.05) is 27.6 Å². The molecule has 2 aliphatic rings. The Labute approximate surface area is 64.5 Å². The van der Waals surface area contributed by atoms with Crippen LogP contribution in [-0.2, 0) is 0 Å². The Bertz CT molecular complexity index is 149. The highest BCUT2D eigenvalue weighted by molar-refractivity contribution is 9.09. The first-order valence-electron chi connectivity index (χ1n) is 3.64. The second-order valence-corrected chi connectivity index (χ2v) is 3.83. The van der Waals surface area contributed by atoms with E-state index in [9.17, 15) is 0 Å². The summed E-state index contributed by atoms with van der Waals surface area (Å²) in [5.74, 6) is 1.99. The Hall–Kier alpha value is 0.220. The van der Waals surface area contributed by atoms with Gasteiger partial charge >= 0.3 is 0 Å². The lowest BCUT2D eigenvalue weighted by molar-refractivity contribution is 0.433. The third-order valence-corrected chi connectivity index (χ3v) is 3.45. The summed E-state index contributed by atoms with van der Waals surface area (Å²) in [6.45, 7) is 0. The molecule has 50 valence electrons. The van der Waals surface area contributed by atoms with Crippen molar-refractivity contribution < 1.29 is 0 Å². The van der Waals surface area contributed by atoms with Gasteiger partial charge in [0.05, 0.1) is 0 Å². The van der Waals surface area contributed by atoms with E-state index in [1.165, 1.54) is 24.6 Å². The molecule has 0 nitrogen and oxygen atoms in total. The molecule has 0 N–H and O–H groups in total. The van der Waals surface area contributed by atoms with Gasteiger partial charge in [-0.05, 0) is 31.1 Å². The molecule has 2 aliphatic carbocycles. The summed E-state index contributed by atoms with van der Waals surface area (Å²) in [7, 11) is 0. The molecule has 2 atom stereocenters. The molecule has 2 rings (SSSR count). The molecule has 0 aromatic rings. The van der Waals surface area contributed by atoms with Gasteiger partial charge in [0.15, 0.2) is 0 Å². The maximum Gasteiger partial charge on any atom is 0.00656 e. The van der Waals surface area contributed by atoms with Crippen molar-refractivity contribution in [1.82, 2.24) is 0 Å². The van der Waals surface area contributed by atoms with Gasteiger partial charge in [-0.25, -0.2) is 0 Å². The summed E-state index contributed by atoms with van der Waals surface area (Å²) < 4.78 is 0. The molecular formula is C8H11Br. The van der Waals surface area contributed by atoms with E-state index >= 15 is 0 Å². The highest BCUT2D eigenvalue weighted by Gasteiger charge is 2.32. The largest absolute Gasteiger partial charge is 0.0925 e. The van der Waals surface area contributed by atoms with Crippen LogP contribution in [0.15, 0.2) is 11.6 Å². The van der Waals surface area contributed by atoms with Crippen LogP contribution in [0.2, 0.25) is 0 Å². The number of alkyl halides is 1. The third-order valence-electron chi connectivity index (χ3n) is 2.62. The zero-order chi connectivity index (χ0) is 6.27. The van der Waals surface area contributed by atoms with E-state index in [-0.39, 0.29) is 0 Å². The van der Waals surface area contributed by atoms with Crippen LogP contribution in [0.5, 0.6) is 0 Å². The predicted octanol–water partition coefficient (Wildman–Crippen LogP) is 2.74. The number of hydrogen-bond acceptors (Lipinski definition) is 0. The minimum atomic E-state index is 0.977. The van der Waals surface area contributed by atoms with Crippen LogP contribution < -0.4 is 0 Å². The summed E-state index contributed by atoms with van der Waals surface area (Å²) >= 11 is 3.55. The van der Waals surface area contributed by atoms with E-state index in [4.69, 9.17) is 0 Å². The van der Waals surface area contributed by atoms with E-state index in [2.05, 4.69) is 22.0 Å². The Morgan fingerprint density at radius 3 is 2.78 bits per heavy atom. The summed E-state index contributed by atoms with van der Waals surface area (Å²) in [5, 5.41) is 1.22. The van der Waals surface area contributed by atoms with E-state index < -0.39 is 0 Å². The Balaban J connectivity index is 2.12. The quantitative estimate of drug-likeness (QED) is 0.437. The summed E-state index contributed by atoms with van der Waals surface area (Å²) in [4.78, 5) is 0. The van der Waals surface area contributed by atoms with Gasteiger partial charge < -0.3 is 0 Å². The maximum atomic E-state index is 3.55. The molecule has 1 fully saturated rings. The predicted molar refractivity (Wildman–Crippen MR) is 42.7 cm³/mol. The highest BCUT2D eigenvalue weighted by Crippen LogP contribution is 2.44. The number of allylic oxidation sites excluding steroid dienone is 2. The molecule has 0 aliphatic heterocycles. The molecular weight excluding hydrogens is 176 g/mol. The lowest BCUT2D eigenvalue weighted by Gasteiger charge is -2.14. The van der Waals surface area contributed by atoms with Crippen molar-refractivity contribution in [3.63, 3.8) is 0 Å². The zero-order valence-corrected chi connectivity index (χ0v) is 7.02. The van der Waals surface area contributed by atoms with Gasteiger partial charge in [-0.2, -0.15) is 0 Å². The fourth-order valence-electron chi connectivity index (χ4n) is 2.03. The van der Waals surface area contributed by atoms with E-state index in [1.807, 2.05) is 0 Å². The van der Waals surface area contributed by atoms with E-state index in [1.54, 1.807) is 5.57 Å². The van der Waals surface area contributed by atoms with Crippen molar-refractivity contribution in [2.75, 3.05) is 5.33 Å². The standard InChI is InChI=1S/C8H11Br/c9-5-8-4-6-1-2-7(8)3-6/h1,7-8H,2-5H2. The van der Waals surface area contributed by atoms with Crippen LogP contribution in [0.3, 0.4) is 0 Å². The van der Waals surface area contributed by atoms with Gasteiger partial charge in [0.1, 0.15) is 0 Å². The molecule has 9 heavy (non-hydrogen) atoms. The molecule has 2 unspecified atom stereocenters. The first-order valence-corrected chi connectivity index (χ1v) is 4.76. The average Bonchev–Trinajstić information content (AvgIpc) is 2.45. The first kappa shape index (κ1) is 5.96. The fraction of sp³-hybridized carbons (Fsp3) is 0.750. The minimum absolute atomic E-state index is 0.977. The molecule has 0 aromatic carbocycles. The van der Waals surface area contributed by atoms with Crippen LogP contribution in [0, 0.1) is 11.8 Å². The van der Waals surface area contributed by atoms with E-state index in [0.717, 1.165) is 11.8 Å². The molecule has 0 amide bonds. The lowest BCUT2D eigenvalue weighted by Crippen LogP contribution is -2.08. The number of hydrogen-bond donors (Lipinski definition) is 0. The van der Waals surface area contributed by atoms with Crippen molar-refractivity contribution >= 4 is 15.9 Å². The van der Waals surface area contributed by atoms with Gasteiger partial charge in [0, 0.05) is 5.33 Å². The molecule has 0 spiro atoms. The number of halogens is 1. The highest BCUT2D eigenvalue weighted by atomic mass is 79.9. The maximum absolute atomic E-state index is 3.55. The molecule has 1 saturated carbocycles. The Morgan fingerprint density at radius 1 is 1.56 bits per heavy atom. The van der Waals surface area contributed by atoms with Crippen LogP contribution >= 0.6 is 15.9 Å². The van der Waals surface area contributed by atoms with Gasteiger partial charge in [0.2, 0.25) is 0 Å². The van der Waals surface area contributed by atoms with Gasteiger partial charge in [0.25, 0.3) is 0 Å². The van der Waals surface area contributed by atoms with Crippen molar-refractivity contribution in [2.24, 2.45) is 11.8 Å². The van der Waals surface area contributed by atoms with Crippen molar-refractivity contribution in [1.29, 1.82) is 0 Å². The second-order valence-electron chi connectivity index (χ2n) is 3.18. The second kappa shape index (κ2) is 2.12. The number of rotatable bonds is 1. The van der Waals surface area contributed by atoms with Crippen LogP contribution in [0.4, 0.5) is 0 Å². The van der Waals surface area contributed by atoms with Crippen molar-refractivity contribution in [3.05, 3.63) is 11.6 Å². The van der Waals surface area contributed by atoms with Gasteiger partial charge in [-0.3, -0.25) is 0 Å². The number of fused-ring (bicyclic) bond motifs is 2. The summed E-state index contributed by atoms with van der Waals surface area (Å²) in [6, 6.07) is 0. The zero-order valence-electron chi connectivity index (χ0n) is 5.44. The smallest absolute Gasteiger partial charge is 0.00656 e. The lowest BCUT2D eigenvalue weighted by atomic mass is 9.94. The minimum Gasteiger partial charge on any atom is -0.0925 e. The van der Waals surface area contributed by atoms with Crippen LogP contribution in [0.25, 0.3) is 0 Å². The normalized spacial score (nSPS) is 39.4. The van der Waals surface area contributed by atoms with Gasteiger partial charge in [-0.15, -0.1) is 0 Å². The summed E-state index contributed by atoms with van der Waals surface area (Å²) in [5.41, 5.74) is 1.73. The Morgan fingerprint density at radius 2 is 2.44 bits per heavy atom. The fourth-order valence-corrected chi connectivity index (χ4v) is 2.79. The van der Waals surface area contributed by atoms with Crippen molar-refractivity contribution in [2.45, 2.75) is 19.3 Å². The Kier molecular flexibility index (Phi) is 1.40. The molecule has 0 heterocycles. The molecule has 2 bridgehead atoms. The SMILES string of the molecule is BrCC1CC2=CCC1C2. The molecule has 0 saturated heterocycles. The molecule has 0 radical (unpaired) electrons. The monoisotopic (exact) mass is 186 g/mol. The topological polar surface area (TPSA) is 0 Å². The molecule has 0 aromatic heterocycles. The molecule has 1 heteroatoms. The van der Waals surface area contributed by atoms with Crippen LogP contribution in [-0.4, -0.2) is 5.33 Å². The first-order chi connectivity index (χ1) is 4.40. The van der Waals surface area contributed by atoms with Crippen LogP contribution in [0.1, 0.15) is 19.3 Å². The van der Waals surface area contributed by atoms with E-state index in [0.29, 0.717) is 0 Å². The van der Waals surface area contributed by atoms with Crippen molar-refractivity contribution in [3.8, 4) is 0 Å². The third kappa shape index (κ3) is 0.861.